The summed E-state index contributed by atoms with van der Waals surface area (Å²) in [4.78, 5) is 26.3. The van der Waals surface area contributed by atoms with Crippen LogP contribution < -0.4 is 10.6 Å². The van der Waals surface area contributed by atoms with Crippen molar-refractivity contribution in [2.45, 2.75) is 39.7 Å². The first kappa shape index (κ1) is 18.5. The molecule has 6 heteroatoms. The first-order valence-corrected chi connectivity index (χ1v) is 8.80. The molecule has 0 saturated carbocycles. The lowest BCUT2D eigenvalue weighted by Crippen LogP contribution is -2.45. The van der Waals surface area contributed by atoms with E-state index >= 15 is 0 Å². The Morgan fingerprint density at radius 2 is 2.04 bits per heavy atom. The molecule has 3 atom stereocenters. The molecule has 0 aromatic carbocycles. The quantitative estimate of drug-likeness (QED) is 0.746. The van der Waals surface area contributed by atoms with E-state index in [1.54, 1.807) is 19.1 Å². The van der Waals surface area contributed by atoms with E-state index in [9.17, 15) is 9.59 Å². The van der Waals surface area contributed by atoms with E-state index in [0.717, 1.165) is 37.9 Å². The second-order valence-electron chi connectivity index (χ2n) is 7.02. The number of hydrogen-bond acceptors (Lipinski definition) is 4. The Bertz CT molecular complexity index is 520. The van der Waals surface area contributed by atoms with E-state index in [4.69, 9.17) is 4.42 Å². The minimum Gasteiger partial charge on any atom is -0.459 e. The summed E-state index contributed by atoms with van der Waals surface area (Å²) in [6, 6.07) is 2.63. The molecule has 0 aliphatic carbocycles. The first-order chi connectivity index (χ1) is 11.5. The molecule has 0 bridgehead atoms. The highest BCUT2D eigenvalue weighted by Crippen LogP contribution is 2.20. The molecule has 6 nitrogen and oxygen atoms in total. The highest BCUT2D eigenvalue weighted by molar-refractivity contribution is 5.95. The zero-order valence-electron chi connectivity index (χ0n) is 14.9. The summed E-state index contributed by atoms with van der Waals surface area (Å²) in [5, 5.41) is 5.51. The van der Waals surface area contributed by atoms with Crippen molar-refractivity contribution >= 4 is 11.8 Å². The summed E-state index contributed by atoms with van der Waals surface area (Å²) < 4.78 is 5.01. The van der Waals surface area contributed by atoms with Gasteiger partial charge in [0.15, 0.2) is 5.76 Å². The van der Waals surface area contributed by atoms with Crippen LogP contribution in [0, 0.1) is 11.8 Å². The molecule has 1 aliphatic rings. The molecule has 0 spiro atoms. The van der Waals surface area contributed by atoms with Gasteiger partial charge in [0.1, 0.15) is 6.04 Å². The van der Waals surface area contributed by atoms with Crippen molar-refractivity contribution in [3.8, 4) is 0 Å². The van der Waals surface area contributed by atoms with E-state index in [1.165, 1.54) is 12.7 Å². The van der Waals surface area contributed by atoms with E-state index < -0.39 is 6.04 Å². The van der Waals surface area contributed by atoms with Crippen molar-refractivity contribution in [2.24, 2.45) is 11.8 Å². The van der Waals surface area contributed by atoms with Crippen LogP contribution in [0.3, 0.4) is 0 Å². The molecular formula is C18H29N3O3. The van der Waals surface area contributed by atoms with Crippen molar-refractivity contribution < 1.29 is 14.0 Å². The number of nitrogens with zero attached hydrogens (tertiary/aromatic N) is 1. The van der Waals surface area contributed by atoms with Gasteiger partial charge in [0.2, 0.25) is 5.91 Å². The molecule has 1 fully saturated rings. The number of likely N-dealkylation sites (tertiary alicyclic amines) is 1. The third-order valence-electron chi connectivity index (χ3n) is 4.38. The highest BCUT2D eigenvalue weighted by Gasteiger charge is 2.21. The summed E-state index contributed by atoms with van der Waals surface area (Å²) in [6.45, 7) is 10.2. The van der Waals surface area contributed by atoms with Gasteiger partial charge in [0.25, 0.3) is 5.91 Å². The first-order valence-electron chi connectivity index (χ1n) is 8.80. The maximum absolute atomic E-state index is 12.0. The Hall–Kier alpha value is -1.82. The number of rotatable bonds is 7. The molecule has 2 heterocycles. The SMILES string of the molecule is C[C@@H]1C[C@H](C)CN(CCCNC(=O)[C@H](C)NC(=O)c2ccco2)C1. The molecule has 1 saturated heterocycles. The number of hydrogen-bond donors (Lipinski definition) is 2. The fraction of sp³-hybridized carbons (Fsp3) is 0.667. The number of furan rings is 1. The van der Waals surface area contributed by atoms with Gasteiger partial charge in [-0.25, -0.2) is 0 Å². The molecule has 2 amide bonds. The lowest BCUT2D eigenvalue weighted by molar-refractivity contribution is -0.122. The van der Waals surface area contributed by atoms with Gasteiger partial charge in [-0.2, -0.15) is 0 Å². The van der Waals surface area contributed by atoms with E-state index in [0.29, 0.717) is 6.54 Å². The molecule has 24 heavy (non-hydrogen) atoms. The Kier molecular flexibility index (Phi) is 6.85. The lowest BCUT2D eigenvalue weighted by Gasteiger charge is -2.34. The molecule has 0 radical (unpaired) electrons. The maximum Gasteiger partial charge on any atom is 0.287 e. The average molecular weight is 335 g/mol. The summed E-state index contributed by atoms with van der Waals surface area (Å²) in [6.07, 6.45) is 3.66. The summed E-state index contributed by atoms with van der Waals surface area (Å²) in [7, 11) is 0. The number of carbonyl (C=O) groups is 2. The van der Waals surface area contributed by atoms with Gasteiger partial charge in [-0.05, 0) is 50.3 Å². The van der Waals surface area contributed by atoms with E-state index in [-0.39, 0.29) is 17.6 Å². The Labute approximate surface area is 144 Å². The molecule has 0 unspecified atom stereocenters. The monoisotopic (exact) mass is 335 g/mol. The van der Waals surface area contributed by atoms with Gasteiger partial charge in [-0.3, -0.25) is 9.59 Å². The van der Waals surface area contributed by atoms with Crippen LogP contribution >= 0.6 is 0 Å². The summed E-state index contributed by atoms with van der Waals surface area (Å²) in [5.74, 6) is 1.16. The standard InChI is InChI=1S/C18H29N3O3/c1-13-10-14(2)12-21(11-13)8-5-7-19-17(22)15(3)20-18(23)16-6-4-9-24-16/h4,6,9,13-15H,5,7-8,10-12H2,1-3H3,(H,19,22)(H,20,23)/t13-,14+,15-/m0/s1. The van der Waals surface area contributed by atoms with Crippen LogP contribution in [0.15, 0.2) is 22.8 Å². The van der Waals surface area contributed by atoms with Crippen LogP contribution in [0.5, 0.6) is 0 Å². The second kappa shape index (κ2) is 8.87. The number of piperidine rings is 1. The summed E-state index contributed by atoms with van der Waals surface area (Å²) in [5.41, 5.74) is 0. The van der Waals surface area contributed by atoms with Crippen molar-refractivity contribution in [3.63, 3.8) is 0 Å². The van der Waals surface area contributed by atoms with Crippen LogP contribution in [-0.2, 0) is 4.79 Å². The van der Waals surface area contributed by atoms with Crippen LogP contribution in [0.2, 0.25) is 0 Å². The zero-order chi connectivity index (χ0) is 17.5. The molecule has 2 N–H and O–H groups in total. The third kappa shape index (κ3) is 5.67. The predicted octanol–water partition coefficient (Wildman–Crippen LogP) is 1.88. The van der Waals surface area contributed by atoms with Crippen molar-refractivity contribution in [1.29, 1.82) is 0 Å². The van der Waals surface area contributed by atoms with Gasteiger partial charge in [-0.1, -0.05) is 13.8 Å². The van der Waals surface area contributed by atoms with Gasteiger partial charge in [0, 0.05) is 19.6 Å². The molecule has 1 aromatic rings. The van der Waals surface area contributed by atoms with Crippen LogP contribution in [0.4, 0.5) is 0 Å². The Morgan fingerprint density at radius 1 is 1.33 bits per heavy atom. The Balaban J connectivity index is 1.63. The maximum atomic E-state index is 12.0. The Morgan fingerprint density at radius 3 is 2.67 bits per heavy atom. The average Bonchev–Trinajstić information content (AvgIpc) is 3.04. The molecule has 2 rings (SSSR count). The summed E-state index contributed by atoms with van der Waals surface area (Å²) >= 11 is 0. The van der Waals surface area contributed by atoms with E-state index in [1.807, 2.05) is 0 Å². The fourth-order valence-corrected chi connectivity index (χ4v) is 3.38. The predicted molar refractivity (Wildman–Crippen MR) is 92.6 cm³/mol. The van der Waals surface area contributed by atoms with E-state index in [2.05, 4.69) is 29.4 Å². The van der Waals surface area contributed by atoms with Gasteiger partial charge in [0.05, 0.1) is 6.26 Å². The number of carbonyl (C=O) groups excluding carboxylic acids is 2. The van der Waals surface area contributed by atoms with Crippen LogP contribution in [-0.4, -0.2) is 48.9 Å². The largest absolute Gasteiger partial charge is 0.459 e. The van der Waals surface area contributed by atoms with Crippen LogP contribution in [0.25, 0.3) is 0 Å². The van der Waals surface area contributed by atoms with Crippen molar-refractivity contribution in [2.75, 3.05) is 26.2 Å². The van der Waals surface area contributed by atoms with Gasteiger partial charge >= 0.3 is 0 Å². The second-order valence-corrected chi connectivity index (χ2v) is 7.02. The minimum atomic E-state index is -0.586. The molecular weight excluding hydrogens is 306 g/mol. The minimum absolute atomic E-state index is 0.171. The van der Waals surface area contributed by atoms with Gasteiger partial charge in [-0.15, -0.1) is 0 Å². The fourth-order valence-electron chi connectivity index (χ4n) is 3.38. The smallest absolute Gasteiger partial charge is 0.287 e. The molecule has 1 aromatic heterocycles. The zero-order valence-corrected chi connectivity index (χ0v) is 14.9. The number of nitrogens with one attached hydrogen (secondary N) is 2. The molecule has 134 valence electrons. The van der Waals surface area contributed by atoms with Crippen LogP contribution in [0.1, 0.15) is 44.2 Å². The molecule has 1 aliphatic heterocycles. The lowest BCUT2D eigenvalue weighted by atomic mass is 9.92. The normalized spacial score (nSPS) is 22.8. The van der Waals surface area contributed by atoms with Crippen molar-refractivity contribution in [1.82, 2.24) is 15.5 Å². The highest BCUT2D eigenvalue weighted by atomic mass is 16.3. The third-order valence-corrected chi connectivity index (χ3v) is 4.38. The van der Waals surface area contributed by atoms with Gasteiger partial charge < -0.3 is 20.0 Å². The number of amides is 2. The topological polar surface area (TPSA) is 74.6 Å². The van der Waals surface area contributed by atoms with Crippen molar-refractivity contribution in [3.05, 3.63) is 24.2 Å².